The Morgan fingerprint density at radius 1 is 1.26 bits per heavy atom. The number of hydrogen-bond donors (Lipinski definition) is 1. The standard InChI is InChI=1S/C21H19N3OS2/c1-13-15-8-10-26-17(15)7-9-24(13)12-19-22-20(25)16-11-18(27-21(16)23-19)14-5-3-2-4-6-14/h2-6,8,10-11,13H,7,9,12H2,1H3,(H,22,23,25)/t13-/m0/s1. The first-order chi connectivity index (χ1) is 13.2. The highest BCUT2D eigenvalue weighted by molar-refractivity contribution is 7.21. The first kappa shape index (κ1) is 16.9. The Morgan fingerprint density at radius 3 is 2.96 bits per heavy atom. The molecular formula is C21H19N3OS2. The molecule has 0 bridgehead atoms. The summed E-state index contributed by atoms with van der Waals surface area (Å²) in [5.74, 6) is 0.750. The summed E-state index contributed by atoms with van der Waals surface area (Å²) < 4.78 is 0. The van der Waals surface area contributed by atoms with E-state index in [1.807, 2.05) is 35.6 Å². The molecule has 0 saturated carbocycles. The normalized spacial score (nSPS) is 17.3. The predicted molar refractivity (Wildman–Crippen MR) is 113 cm³/mol. The average molecular weight is 394 g/mol. The summed E-state index contributed by atoms with van der Waals surface area (Å²) in [6.45, 7) is 3.90. The van der Waals surface area contributed by atoms with Crippen LogP contribution in [-0.4, -0.2) is 21.4 Å². The Labute approximate surface area is 165 Å². The monoisotopic (exact) mass is 393 g/mol. The number of aromatic amines is 1. The zero-order valence-electron chi connectivity index (χ0n) is 14.9. The van der Waals surface area contributed by atoms with Crippen molar-refractivity contribution in [2.75, 3.05) is 6.54 Å². The summed E-state index contributed by atoms with van der Waals surface area (Å²) in [5.41, 5.74) is 2.49. The molecule has 3 aromatic heterocycles. The second-order valence-electron chi connectivity index (χ2n) is 6.90. The fourth-order valence-electron chi connectivity index (χ4n) is 3.77. The van der Waals surface area contributed by atoms with Gasteiger partial charge in [0.05, 0.1) is 11.9 Å². The van der Waals surface area contributed by atoms with Crippen LogP contribution in [0.2, 0.25) is 0 Å². The van der Waals surface area contributed by atoms with E-state index < -0.39 is 0 Å². The van der Waals surface area contributed by atoms with Gasteiger partial charge in [-0.3, -0.25) is 9.69 Å². The highest BCUT2D eigenvalue weighted by atomic mass is 32.1. The second-order valence-corrected chi connectivity index (χ2v) is 8.94. The summed E-state index contributed by atoms with van der Waals surface area (Å²) in [4.78, 5) is 26.2. The molecule has 1 aromatic carbocycles. The molecule has 0 amide bonds. The highest BCUT2D eigenvalue weighted by Crippen LogP contribution is 2.34. The minimum atomic E-state index is -0.0469. The molecule has 27 heavy (non-hydrogen) atoms. The van der Waals surface area contributed by atoms with Gasteiger partial charge in [-0.1, -0.05) is 30.3 Å². The number of fused-ring (bicyclic) bond motifs is 2. The molecule has 1 aliphatic rings. The van der Waals surface area contributed by atoms with Crippen LogP contribution in [0.5, 0.6) is 0 Å². The molecule has 1 N–H and O–H groups in total. The highest BCUT2D eigenvalue weighted by Gasteiger charge is 2.25. The van der Waals surface area contributed by atoms with E-state index in [-0.39, 0.29) is 5.56 Å². The SMILES string of the molecule is C[C@H]1c2ccsc2CCN1Cc1nc2sc(-c3ccccc3)cc2c(=O)[nH]1. The summed E-state index contributed by atoms with van der Waals surface area (Å²) >= 11 is 3.43. The molecule has 136 valence electrons. The molecule has 0 saturated heterocycles. The van der Waals surface area contributed by atoms with Gasteiger partial charge in [0.2, 0.25) is 0 Å². The van der Waals surface area contributed by atoms with Crippen LogP contribution < -0.4 is 5.56 Å². The maximum Gasteiger partial charge on any atom is 0.259 e. The van der Waals surface area contributed by atoms with Gasteiger partial charge in [0, 0.05) is 22.3 Å². The van der Waals surface area contributed by atoms with Crippen LogP contribution in [0.3, 0.4) is 0 Å². The third-order valence-electron chi connectivity index (χ3n) is 5.27. The van der Waals surface area contributed by atoms with Crippen LogP contribution in [0.25, 0.3) is 20.7 Å². The lowest BCUT2D eigenvalue weighted by Crippen LogP contribution is -2.33. The van der Waals surface area contributed by atoms with Gasteiger partial charge in [0.15, 0.2) is 0 Å². The number of thiophene rings is 2. The minimum absolute atomic E-state index is 0.0469. The Morgan fingerprint density at radius 2 is 2.11 bits per heavy atom. The zero-order valence-corrected chi connectivity index (χ0v) is 16.6. The maximum atomic E-state index is 12.6. The third kappa shape index (κ3) is 3.04. The Balaban J connectivity index is 1.47. The van der Waals surface area contributed by atoms with Gasteiger partial charge < -0.3 is 4.98 Å². The maximum absolute atomic E-state index is 12.6. The number of aromatic nitrogens is 2. The van der Waals surface area contributed by atoms with Crippen molar-refractivity contribution in [3.8, 4) is 10.4 Å². The van der Waals surface area contributed by atoms with Crippen molar-refractivity contribution in [1.29, 1.82) is 0 Å². The van der Waals surface area contributed by atoms with Crippen molar-refractivity contribution in [2.24, 2.45) is 0 Å². The molecule has 4 aromatic rings. The van der Waals surface area contributed by atoms with Crippen LogP contribution in [-0.2, 0) is 13.0 Å². The molecule has 4 heterocycles. The number of nitrogens with one attached hydrogen (secondary N) is 1. The van der Waals surface area contributed by atoms with Gasteiger partial charge in [-0.25, -0.2) is 4.98 Å². The Bertz CT molecular complexity index is 1160. The molecule has 0 unspecified atom stereocenters. The van der Waals surface area contributed by atoms with Gasteiger partial charge in [0.25, 0.3) is 5.56 Å². The van der Waals surface area contributed by atoms with Crippen molar-refractivity contribution >= 4 is 32.9 Å². The lowest BCUT2D eigenvalue weighted by Gasteiger charge is -2.33. The summed E-state index contributed by atoms with van der Waals surface area (Å²) in [6.07, 6.45) is 1.07. The first-order valence-electron chi connectivity index (χ1n) is 9.07. The van der Waals surface area contributed by atoms with Gasteiger partial charge >= 0.3 is 0 Å². The summed E-state index contributed by atoms with van der Waals surface area (Å²) in [7, 11) is 0. The van der Waals surface area contributed by atoms with E-state index in [0.29, 0.717) is 18.0 Å². The molecule has 1 aliphatic heterocycles. The fraction of sp³-hybridized carbons (Fsp3) is 0.238. The second kappa shape index (κ2) is 6.71. The topological polar surface area (TPSA) is 49.0 Å². The van der Waals surface area contributed by atoms with Crippen molar-refractivity contribution in [3.63, 3.8) is 0 Å². The van der Waals surface area contributed by atoms with Crippen LogP contribution >= 0.6 is 22.7 Å². The summed E-state index contributed by atoms with van der Waals surface area (Å²) in [6, 6.07) is 14.7. The van der Waals surface area contributed by atoms with E-state index in [1.54, 1.807) is 11.3 Å². The van der Waals surface area contributed by atoms with Crippen LogP contribution in [0.1, 0.15) is 29.2 Å². The number of nitrogens with zero attached hydrogens (tertiary/aromatic N) is 2. The van der Waals surface area contributed by atoms with Crippen molar-refractivity contribution < 1.29 is 0 Å². The predicted octanol–water partition coefficient (Wildman–Crippen LogP) is 4.83. The number of hydrogen-bond acceptors (Lipinski definition) is 5. The van der Waals surface area contributed by atoms with E-state index in [0.717, 1.165) is 34.1 Å². The van der Waals surface area contributed by atoms with Crippen LogP contribution in [0, 0.1) is 0 Å². The van der Waals surface area contributed by atoms with E-state index in [4.69, 9.17) is 4.98 Å². The van der Waals surface area contributed by atoms with Crippen LogP contribution in [0.4, 0.5) is 0 Å². The van der Waals surface area contributed by atoms with Crippen molar-refractivity contribution in [2.45, 2.75) is 25.9 Å². The van der Waals surface area contributed by atoms with Crippen LogP contribution in [0.15, 0.2) is 52.6 Å². The van der Waals surface area contributed by atoms with Crippen molar-refractivity contribution in [1.82, 2.24) is 14.9 Å². The molecule has 0 fully saturated rings. The molecule has 6 heteroatoms. The molecule has 0 spiro atoms. The zero-order chi connectivity index (χ0) is 18.4. The smallest absolute Gasteiger partial charge is 0.259 e. The number of H-pyrrole nitrogens is 1. The van der Waals surface area contributed by atoms with E-state index in [2.05, 4.69) is 40.4 Å². The molecule has 5 rings (SSSR count). The Hall–Kier alpha value is -2.28. The van der Waals surface area contributed by atoms with Gasteiger partial charge in [-0.05, 0) is 42.0 Å². The molecule has 4 nitrogen and oxygen atoms in total. The average Bonchev–Trinajstić information content (AvgIpc) is 3.32. The fourth-order valence-corrected chi connectivity index (χ4v) is 5.78. The Kier molecular flexibility index (Phi) is 4.19. The van der Waals surface area contributed by atoms with E-state index in [1.165, 1.54) is 10.4 Å². The number of benzene rings is 1. The third-order valence-corrected chi connectivity index (χ3v) is 7.34. The molecular weight excluding hydrogens is 374 g/mol. The minimum Gasteiger partial charge on any atom is -0.309 e. The van der Waals surface area contributed by atoms with E-state index in [9.17, 15) is 4.79 Å². The molecule has 1 atom stereocenters. The largest absolute Gasteiger partial charge is 0.309 e. The van der Waals surface area contributed by atoms with Crippen molar-refractivity contribution in [3.05, 3.63) is 74.5 Å². The lowest BCUT2D eigenvalue weighted by atomic mass is 10.0. The quantitative estimate of drug-likeness (QED) is 0.542. The summed E-state index contributed by atoms with van der Waals surface area (Å²) in [5, 5.41) is 2.85. The van der Waals surface area contributed by atoms with Gasteiger partial charge in [-0.2, -0.15) is 0 Å². The van der Waals surface area contributed by atoms with Gasteiger partial charge in [-0.15, -0.1) is 22.7 Å². The van der Waals surface area contributed by atoms with E-state index >= 15 is 0 Å². The number of rotatable bonds is 3. The first-order valence-corrected chi connectivity index (χ1v) is 10.8. The molecule has 0 radical (unpaired) electrons. The lowest BCUT2D eigenvalue weighted by molar-refractivity contribution is 0.186. The van der Waals surface area contributed by atoms with Gasteiger partial charge in [0.1, 0.15) is 10.7 Å². The molecule has 0 aliphatic carbocycles.